The average Bonchev–Trinajstić information content (AvgIpc) is 2.70. The number of amides is 1. The summed E-state index contributed by atoms with van der Waals surface area (Å²) in [6.45, 7) is 1.79. The van der Waals surface area contributed by atoms with Crippen LogP contribution in [0.15, 0.2) is 18.6 Å². The zero-order valence-corrected chi connectivity index (χ0v) is 11.2. The van der Waals surface area contributed by atoms with E-state index in [1.807, 2.05) is 0 Å². The maximum atomic E-state index is 11.9. The van der Waals surface area contributed by atoms with Crippen molar-refractivity contribution in [1.82, 2.24) is 14.5 Å². The van der Waals surface area contributed by atoms with Crippen LogP contribution in [0.3, 0.4) is 0 Å². The fourth-order valence-corrected chi connectivity index (χ4v) is 2.03. The summed E-state index contributed by atoms with van der Waals surface area (Å²) in [5, 5.41) is 3.11. The number of halogens is 2. The van der Waals surface area contributed by atoms with E-state index in [9.17, 15) is 4.79 Å². The van der Waals surface area contributed by atoms with E-state index >= 15 is 0 Å². The molecule has 1 amide bonds. The van der Waals surface area contributed by atoms with Gasteiger partial charge in [0.1, 0.15) is 10.8 Å². The lowest BCUT2D eigenvalue weighted by Crippen LogP contribution is -2.14. The first kappa shape index (κ1) is 12.9. The van der Waals surface area contributed by atoms with Gasteiger partial charge in [-0.25, -0.2) is 9.97 Å². The molecule has 1 N–H and O–H groups in total. The number of hydrogen-bond acceptors (Lipinski definition) is 3. The molecule has 0 saturated carbocycles. The Labute approximate surface area is 114 Å². The van der Waals surface area contributed by atoms with Crippen LogP contribution < -0.4 is 5.32 Å². The van der Waals surface area contributed by atoms with Gasteiger partial charge in [0.15, 0.2) is 5.15 Å². The number of nitrogens with one attached hydrogen (secondary N) is 1. The van der Waals surface area contributed by atoms with Gasteiger partial charge in [0.2, 0.25) is 0 Å². The minimum Gasteiger partial charge on any atom is -0.340 e. The van der Waals surface area contributed by atoms with Gasteiger partial charge in [-0.05, 0) is 18.6 Å². The van der Waals surface area contributed by atoms with Gasteiger partial charge in [-0.2, -0.15) is 0 Å². The van der Waals surface area contributed by atoms with Gasteiger partial charge in [-0.3, -0.25) is 4.79 Å². The van der Waals surface area contributed by atoms with E-state index in [1.165, 1.54) is 0 Å². The topological polar surface area (TPSA) is 59.8 Å². The zero-order valence-electron chi connectivity index (χ0n) is 9.74. The summed E-state index contributed by atoms with van der Waals surface area (Å²) < 4.78 is 1.68. The van der Waals surface area contributed by atoms with Crippen LogP contribution in [-0.2, 0) is 7.05 Å². The molecule has 0 atom stereocenters. The molecule has 0 aromatic carbocycles. The SMILES string of the molecule is Cc1cc(Cl)nc(Cl)c1NC(=O)c1cn(C)cn1. The molecule has 0 unspecified atom stereocenters. The number of imidazole rings is 1. The average molecular weight is 285 g/mol. The Morgan fingerprint density at radius 3 is 2.72 bits per heavy atom. The molecular formula is C11H10Cl2N4O. The van der Waals surface area contributed by atoms with Crippen molar-refractivity contribution in [2.24, 2.45) is 7.05 Å². The second-order valence-corrected chi connectivity index (χ2v) is 4.55. The van der Waals surface area contributed by atoms with Crippen molar-refractivity contribution in [3.8, 4) is 0 Å². The molecule has 2 rings (SSSR count). The first-order valence-corrected chi connectivity index (χ1v) is 5.85. The summed E-state index contributed by atoms with van der Waals surface area (Å²) in [5.74, 6) is -0.343. The van der Waals surface area contributed by atoms with Gasteiger partial charge in [0, 0.05) is 13.2 Å². The van der Waals surface area contributed by atoms with Crippen molar-refractivity contribution in [3.05, 3.63) is 40.2 Å². The number of rotatable bonds is 2. The lowest BCUT2D eigenvalue weighted by atomic mass is 10.2. The third kappa shape index (κ3) is 2.63. The molecule has 5 nitrogen and oxygen atoms in total. The molecule has 7 heteroatoms. The van der Waals surface area contributed by atoms with E-state index in [-0.39, 0.29) is 16.2 Å². The monoisotopic (exact) mass is 284 g/mol. The highest BCUT2D eigenvalue weighted by atomic mass is 35.5. The molecule has 94 valence electrons. The Morgan fingerprint density at radius 1 is 1.44 bits per heavy atom. The number of hydrogen-bond donors (Lipinski definition) is 1. The normalized spacial score (nSPS) is 10.4. The van der Waals surface area contributed by atoms with Crippen molar-refractivity contribution in [3.63, 3.8) is 0 Å². The minimum atomic E-state index is -0.343. The van der Waals surface area contributed by atoms with Crippen molar-refractivity contribution in [2.75, 3.05) is 5.32 Å². The van der Waals surface area contributed by atoms with Crippen molar-refractivity contribution in [2.45, 2.75) is 6.92 Å². The number of carbonyl (C=O) groups excluding carboxylic acids is 1. The largest absolute Gasteiger partial charge is 0.340 e. The lowest BCUT2D eigenvalue weighted by Gasteiger charge is -2.08. The van der Waals surface area contributed by atoms with Crippen LogP contribution in [0.1, 0.15) is 16.1 Å². The highest BCUT2D eigenvalue weighted by molar-refractivity contribution is 6.35. The predicted octanol–water partition coefficient (Wildman–Crippen LogP) is 2.68. The molecule has 0 bridgehead atoms. The van der Waals surface area contributed by atoms with Crippen molar-refractivity contribution in [1.29, 1.82) is 0 Å². The highest BCUT2D eigenvalue weighted by Crippen LogP contribution is 2.26. The predicted molar refractivity (Wildman–Crippen MR) is 70.2 cm³/mol. The number of nitrogens with zero attached hydrogens (tertiary/aromatic N) is 3. The minimum absolute atomic E-state index is 0.157. The van der Waals surface area contributed by atoms with Crippen LogP contribution in [-0.4, -0.2) is 20.4 Å². The summed E-state index contributed by atoms with van der Waals surface area (Å²) in [6, 6.07) is 1.63. The molecule has 0 radical (unpaired) electrons. The third-order valence-electron chi connectivity index (χ3n) is 2.32. The fraction of sp³-hybridized carbons (Fsp3) is 0.182. The Bertz CT molecular complexity index is 586. The highest BCUT2D eigenvalue weighted by Gasteiger charge is 2.14. The van der Waals surface area contributed by atoms with E-state index in [0.717, 1.165) is 5.56 Å². The van der Waals surface area contributed by atoms with E-state index in [4.69, 9.17) is 23.2 Å². The lowest BCUT2D eigenvalue weighted by molar-refractivity contribution is 0.102. The van der Waals surface area contributed by atoms with Crippen LogP contribution >= 0.6 is 23.2 Å². The summed E-state index contributed by atoms with van der Waals surface area (Å²) in [7, 11) is 1.78. The number of aryl methyl sites for hydroxylation is 2. The smallest absolute Gasteiger partial charge is 0.275 e. The maximum absolute atomic E-state index is 11.9. The Morgan fingerprint density at radius 2 is 2.17 bits per heavy atom. The van der Waals surface area contributed by atoms with E-state index in [2.05, 4.69) is 15.3 Å². The van der Waals surface area contributed by atoms with Gasteiger partial charge in [-0.1, -0.05) is 23.2 Å². The molecule has 0 saturated heterocycles. The molecule has 2 aromatic heterocycles. The molecule has 0 aliphatic rings. The Kier molecular flexibility index (Phi) is 3.54. The molecule has 0 aliphatic carbocycles. The van der Waals surface area contributed by atoms with Crippen LogP contribution in [0, 0.1) is 6.92 Å². The van der Waals surface area contributed by atoms with Gasteiger partial charge in [0.25, 0.3) is 5.91 Å². The summed E-state index contributed by atoms with van der Waals surface area (Å²) >= 11 is 11.7. The van der Waals surface area contributed by atoms with Crippen LogP contribution in [0.5, 0.6) is 0 Å². The Hall–Kier alpha value is -1.59. The number of anilines is 1. The summed E-state index contributed by atoms with van der Waals surface area (Å²) in [5.41, 5.74) is 1.49. The van der Waals surface area contributed by atoms with Gasteiger partial charge < -0.3 is 9.88 Å². The molecule has 2 aromatic rings. The molecule has 0 aliphatic heterocycles. The first-order valence-electron chi connectivity index (χ1n) is 5.09. The second-order valence-electron chi connectivity index (χ2n) is 3.81. The van der Waals surface area contributed by atoms with Crippen molar-refractivity contribution >= 4 is 34.8 Å². The third-order valence-corrected chi connectivity index (χ3v) is 2.78. The number of carbonyl (C=O) groups is 1. The fourth-order valence-electron chi connectivity index (χ4n) is 1.45. The Balaban J connectivity index is 2.27. The summed E-state index contributed by atoms with van der Waals surface area (Å²) in [4.78, 5) is 19.7. The van der Waals surface area contributed by atoms with E-state index in [0.29, 0.717) is 11.4 Å². The van der Waals surface area contributed by atoms with Crippen molar-refractivity contribution < 1.29 is 4.79 Å². The van der Waals surface area contributed by atoms with Crippen LogP contribution in [0.25, 0.3) is 0 Å². The molecule has 2 heterocycles. The first-order chi connectivity index (χ1) is 8.47. The van der Waals surface area contributed by atoms with Crippen LogP contribution in [0.4, 0.5) is 5.69 Å². The van der Waals surface area contributed by atoms with Crippen LogP contribution in [0.2, 0.25) is 10.3 Å². The van der Waals surface area contributed by atoms with Gasteiger partial charge in [-0.15, -0.1) is 0 Å². The molecule has 0 fully saturated rings. The molecule has 18 heavy (non-hydrogen) atoms. The molecule has 0 spiro atoms. The zero-order chi connectivity index (χ0) is 13.3. The standard InChI is InChI=1S/C11H10Cl2N4O/c1-6-3-8(12)15-10(13)9(6)16-11(18)7-4-17(2)5-14-7/h3-5H,1-2H3,(H,16,18). The van der Waals surface area contributed by atoms with Gasteiger partial charge in [0.05, 0.1) is 12.0 Å². The number of pyridine rings is 1. The van der Waals surface area contributed by atoms with E-state index in [1.54, 1.807) is 37.1 Å². The quantitative estimate of drug-likeness (QED) is 0.863. The van der Waals surface area contributed by atoms with E-state index < -0.39 is 0 Å². The van der Waals surface area contributed by atoms with Gasteiger partial charge >= 0.3 is 0 Å². The second kappa shape index (κ2) is 4.96. The number of aromatic nitrogens is 3. The summed E-state index contributed by atoms with van der Waals surface area (Å²) in [6.07, 6.45) is 3.16. The maximum Gasteiger partial charge on any atom is 0.275 e. The molecular weight excluding hydrogens is 275 g/mol.